The van der Waals surface area contributed by atoms with Crippen molar-refractivity contribution >= 4 is 22.0 Å². The first-order valence-electron chi connectivity index (χ1n) is 9.69. The van der Waals surface area contributed by atoms with Crippen LogP contribution in [0.3, 0.4) is 0 Å². The van der Waals surface area contributed by atoms with Gasteiger partial charge in [-0.1, -0.05) is 42.5 Å². The molecule has 2 fully saturated rings. The third kappa shape index (κ3) is 3.60. The van der Waals surface area contributed by atoms with Crippen molar-refractivity contribution in [2.45, 2.75) is 23.9 Å². The highest BCUT2D eigenvalue weighted by Crippen LogP contribution is 2.30. The number of sulfonamides is 1. The highest BCUT2D eigenvalue weighted by molar-refractivity contribution is 7.89. The lowest BCUT2D eigenvalue weighted by Gasteiger charge is -2.26. The molecule has 2 aromatic rings. The summed E-state index contributed by atoms with van der Waals surface area (Å²) in [5, 5.41) is 2.76. The Balaban J connectivity index is 1.57. The number of hydrogen-bond acceptors (Lipinski definition) is 5. The second kappa shape index (κ2) is 7.82. The van der Waals surface area contributed by atoms with E-state index in [1.807, 2.05) is 18.2 Å². The van der Waals surface area contributed by atoms with E-state index >= 15 is 0 Å². The number of ether oxygens (including phenoxy) is 1. The molecule has 0 aliphatic carbocycles. The van der Waals surface area contributed by atoms with Crippen molar-refractivity contribution in [3.63, 3.8) is 0 Å². The van der Waals surface area contributed by atoms with Crippen molar-refractivity contribution < 1.29 is 22.7 Å². The van der Waals surface area contributed by atoms with E-state index in [2.05, 4.69) is 5.32 Å². The third-order valence-corrected chi connectivity index (χ3v) is 7.37. The van der Waals surface area contributed by atoms with Crippen LogP contribution in [0, 0.1) is 0 Å². The Morgan fingerprint density at radius 3 is 2.43 bits per heavy atom. The van der Waals surface area contributed by atoms with Gasteiger partial charge < -0.3 is 10.1 Å². The second-order valence-corrected chi connectivity index (χ2v) is 9.41. The molecule has 1 unspecified atom stereocenters. The number of urea groups is 1. The van der Waals surface area contributed by atoms with Gasteiger partial charge in [-0.05, 0) is 30.2 Å². The normalized spacial score (nSPS) is 22.9. The standard InChI is InChI=1S/C21H23N3O5S/c1-21(17-7-3-2-4-8-17)19(25)24(20(26)22-21)15-16-6-5-9-18(14-16)30(27,28)23-10-12-29-13-11-23/h2-9,14H,10-13,15H2,1H3,(H,22,26). The summed E-state index contributed by atoms with van der Waals surface area (Å²) in [5.41, 5.74) is 0.0928. The van der Waals surface area contributed by atoms with Crippen LogP contribution in [0.2, 0.25) is 0 Å². The number of nitrogens with one attached hydrogen (secondary N) is 1. The lowest BCUT2D eigenvalue weighted by atomic mass is 9.92. The highest BCUT2D eigenvalue weighted by atomic mass is 32.2. The summed E-state index contributed by atoms with van der Waals surface area (Å²) in [4.78, 5) is 26.9. The number of carbonyl (C=O) groups excluding carboxylic acids is 2. The fraction of sp³-hybridized carbons (Fsp3) is 0.333. The summed E-state index contributed by atoms with van der Waals surface area (Å²) in [7, 11) is -3.66. The molecule has 0 radical (unpaired) electrons. The molecular weight excluding hydrogens is 406 g/mol. The predicted octanol–water partition coefficient (Wildman–Crippen LogP) is 1.67. The van der Waals surface area contributed by atoms with E-state index in [1.165, 1.54) is 16.4 Å². The Morgan fingerprint density at radius 2 is 1.73 bits per heavy atom. The molecule has 1 atom stereocenters. The number of rotatable bonds is 5. The van der Waals surface area contributed by atoms with Gasteiger partial charge >= 0.3 is 6.03 Å². The zero-order valence-electron chi connectivity index (χ0n) is 16.6. The molecule has 0 bridgehead atoms. The minimum absolute atomic E-state index is 0.0143. The van der Waals surface area contributed by atoms with Gasteiger partial charge in [0.25, 0.3) is 5.91 Å². The number of nitrogens with zero attached hydrogens (tertiary/aromatic N) is 2. The van der Waals surface area contributed by atoms with Crippen LogP contribution in [0.25, 0.3) is 0 Å². The van der Waals surface area contributed by atoms with Crippen molar-refractivity contribution in [2.75, 3.05) is 26.3 Å². The summed E-state index contributed by atoms with van der Waals surface area (Å²) < 4.78 is 32.4. The van der Waals surface area contributed by atoms with Crippen molar-refractivity contribution in [3.05, 3.63) is 65.7 Å². The van der Waals surface area contributed by atoms with E-state index in [1.54, 1.807) is 31.2 Å². The molecule has 2 aliphatic rings. The number of imide groups is 1. The average Bonchev–Trinajstić information content (AvgIpc) is 2.99. The summed E-state index contributed by atoms with van der Waals surface area (Å²) in [6, 6.07) is 14.9. The lowest BCUT2D eigenvalue weighted by Crippen LogP contribution is -2.41. The molecule has 0 saturated carbocycles. The van der Waals surface area contributed by atoms with E-state index in [0.29, 0.717) is 37.4 Å². The maximum Gasteiger partial charge on any atom is 0.325 e. The van der Waals surface area contributed by atoms with Crippen molar-refractivity contribution in [1.29, 1.82) is 0 Å². The highest BCUT2D eigenvalue weighted by Gasteiger charge is 2.48. The number of morpholine rings is 1. The molecule has 0 aromatic heterocycles. The first kappa shape index (κ1) is 20.5. The van der Waals surface area contributed by atoms with Crippen LogP contribution in [0.4, 0.5) is 4.79 Å². The molecule has 2 saturated heterocycles. The van der Waals surface area contributed by atoms with Crippen LogP contribution in [0.1, 0.15) is 18.1 Å². The molecule has 4 rings (SSSR count). The summed E-state index contributed by atoms with van der Waals surface area (Å²) in [5.74, 6) is -0.375. The second-order valence-electron chi connectivity index (χ2n) is 7.48. The SMILES string of the molecule is CC1(c2ccccc2)NC(=O)N(Cc2cccc(S(=O)(=O)N3CCOCC3)c2)C1=O. The Morgan fingerprint density at radius 1 is 1.03 bits per heavy atom. The molecule has 30 heavy (non-hydrogen) atoms. The quantitative estimate of drug-likeness (QED) is 0.730. The minimum Gasteiger partial charge on any atom is -0.379 e. The molecule has 2 aromatic carbocycles. The van der Waals surface area contributed by atoms with Crippen molar-refractivity contribution in [3.8, 4) is 0 Å². The Kier molecular flexibility index (Phi) is 5.35. The minimum atomic E-state index is -3.66. The smallest absolute Gasteiger partial charge is 0.325 e. The van der Waals surface area contributed by atoms with Gasteiger partial charge in [-0.15, -0.1) is 0 Å². The van der Waals surface area contributed by atoms with Gasteiger partial charge in [0.2, 0.25) is 10.0 Å². The van der Waals surface area contributed by atoms with Crippen LogP contribution < -0.4 is 5.32 Å². The van der Waals surface area contributed by atoms with E-state index < -0.39 is 21.6 Å². The van der Waals surface area contributed by atoms with Crippen LogP contribution >= 0.6 is 0 Å². The molecule has 3 amide bonds. The number of benzene rings is 2. The molecule has 2 aliphatic heterocycles. The monoisotopic (exact) mass is 429 g/mol. The number of amides is 3. The summed E-state index contributed by atoms with van der Waals surface area (Å²) >= 11 is 0. The third-order valence-electron chi connectivity index (χ3n) is 5.47. The van der Waals surface area contributed by atoms with Gasteiger partial charge in [0.1, 0.15) is 5.54 Å². The van der Waals surface area contributed by atoms with Crippen LogP contribution in [0.5, 0.6) is 0 Å². The van der Waals surface area contributed by atoms with Crippen molar-refractivity contribution in [2.24, 2.45) is 0 Å². The first-order valence-corrected chi connectivity index (χ1v) is 11.1. The average molecular weight is 429 g/mol. The molecule has 9 heteroatoms. The number of carbonyl (C=O) groups is 2. The molecule has 8 nitrogen and oxygen atoms in total. The van der Waals surface area contributed by atoms with E-state index in [4.69, 9.17) is 4.74 Å². The number of hydrogen-bond donors (Lipinski definition) is 1. The predicted molar refractivity (Wildman–Crippen MR) is 109 cm³/mol. The van der Waals surface area contributed by atoms with E-state index in [0.717, 1.165) is 4.90 Å². The van der Waals surface area contributed by atoms with Gasteiger partial charge in [0.05, 0.1) is 24.7 Å². The maximum atomic E-state index is 13.1. The van der Waals surface area contributed by atoms with Gasteiger partial charge in [0, 0.05) is 13.1 Å². The fourth-order valence-corrected chi connectivity index (χ4v) is 5.21. The molecule has 1 N–H and O–H groups in total. The first-order chi connectivity index (χ1) is 14.3. The Labute approximate surface area is 175 Å². The largest absolute Gasteiger partial charge is 0.379 e. The van der Waals surface area contributed by atoms with Gasteiger partial charge in [-0.25, -0.2) is 13.2 Å². The van der Waals surface area contributed by atoms with E-state index in [-0.39, 0.29) is 17.3 Å². The zero-order chi connectivity index (χ0) is 21.4. The Hall–Kier alpha value is -2.75. The molecule has 158 valence electrons. The summed E-state index contributed by atoms with van der Waals surface area (Å²) in [6.45, 7) is 2.98. The molecular formula is C21H23N3O5S. The zero-order valence-corrected chi connectivity index (χ0v) is 17.4. The lowest BCUT2D eigenvalue weighted by molar-refractivity contribution is -0.131. The van der Waals surface area contributed by atoms with E-state index in [9.17, 15) is 18.0 Å². The van der Waals surface area contributed by atoms with Gasteiger partial charge in [-0.2, -0.15) is 4.31 Å². The fourth-order valence-electron chi connectivity index (χ4n) is 3.73. The Bertz CT molecular complexity index is 1070. The van der Waals surface area contributed by atoms with Crippen LogP contribution in [-0.4, -0.2) is 55.9 Å². The summed E-state index contributed by atoms with van der Waals surface area (Å²) in [6.07, 6.45) is 0. The van der Waals surface area contributed by atoms with Crippen LogP contribution in [0.15, 0.2) is 59.5 Å². The van der Waals surface area contributed by atoms with Gasteiger partial charge in [-0.3, -0.25) is 9.69 Å². The molecule has 2 heterocycles. The van der Waals surface area contributed by atoms with Crippen molar-refractivity contribution in [1.82, 2.24) is 14.5 Å². The topological polar surface area (TPSA) is 96.0 Å². The molecule has 0 spiro atoms. The maximum absolute atomic E-state index is 13.1. The van der Waals surface area contributed by atoms with Gasteiger partial charge in [0.15, 0.2) is 0 Å². The van der Waals surface area contributed by atoms with Crippen LogP contribution in [-0.2, 0) is 31.6 Å².